The van der Waals surface area contributed by atoms with Gasteiger partial charge in [0.1, 0.15) is 11.6 Å². The number of aliphatic hydroxyl groups is 1. The van der Waals surface area contributed by atoms with Gasteiger partial charge in [-0.25, -0.2) is 9.18 Å². The smallest absolute Gasteiger partial charge is 0.422 e. The highest BCUT2D eigenvalue weighted by molar-refractivity contribution is 6.31. The molecule has 0 aromatic heterocycles. The largest absolute Gasteiger partial charge is 0.482 e. The van der Waals surface area contributed by atoms with Crippen LogP contribution in [0.3, 0.4) is 0 Å². The molecule has 6 nitrogen and oxygen atoms in total. The lowest BCUT2D eigenvalue weighted by molar-refractivity contribution is -0.274. The number of aromatic carboxylic acids is 1. The van der Waals surface area contributed by atoms with Gasteiger partial charge in [0.15, 0.2) is 12.2 Å². The van der Waals surface area contributed by atoms with Crippen LogP contribution in [0.4, 0.5) is 23.2 Å². The number of anilines is 1. The van der Waals surface area contributed by atoms with Crippen LogP contribution in [0, 0.1) is 5.82 Å². The molecule has 194 valence electrons. The van der Waals surface area contributed by atoms with E-state index in [1.807, 2.05) is 0 Å². The summed E-state index contributed by atoms with van der Waals surface area (Å²) in [5, 5.41) is 20.0. The molecular formula is C26H20ClF4NO5. The minimum absolute atomic E-state index is 0.0164. The van der Waals surface area contributed by atoms with E-state index in [0.29, 0.717) is 5.56 Å². The summed E-state index contributed by atoms with van der Waals surface area (Å²) in [5.74, 6) is -4.37. The average molecular weight is 538 g/mol. The molecule has 0 saturated carbocycles. The highest BCUT2D eigenvalue weighted by atomic mass is 35.5. The van der Waals surface area contributed by atoms with Crippen LogP contribution in [-0.2, 0) is 10.4 Å². The van der Waals surface area contributed by atoms with Crippen molar-refractivity contribution in [2.24, 2.45) is 0 Å². The third-order valence-corrected chi connectivity index (χ3v) is 6.87. The maximum atomic E-state index is 14.4. The number of hydrogen-bond acceptors (Lipinski definition) is 4. The molecule has 3 aromatic carbocycles. The van der Waals surface area contributed by atoms with E-state index in [9.17, 15) is 32.3 Å². The summed E-state index contributed by atoms with van der Waals surface area (Å²) in [7, 11) is 1.46. The van der Waals surface area contributed by atoms with E-state index < -0.39 is 40.6 Å². The molecule has 0 radical (unpaired) electrons. The maximum absolute atomic E-state index is 14.4. The topological polar surface area (TPSA) is 87.1 Å². The van der Waals surface area contributed by atoms with Crippen molar-refractivity contribution in [3.63, 3.8) is 0 Å². The van der Waals surface area contributed by atoms with Gasteiger partial charge < -0.3 is 19.8 Å². The highest BCUT2D eigenvalue weighted by Gasteiger charge is 2.59. The molecule has 0 aliphatic carbocycles. The number of hydrogen-bond donors (Lipinski definition) is 2. The summed E-state index contributed by atoms with van der Waals surface area (Å²) in [5.41, 5.74) is -3.58. The number of fused-ring (bicyclic) bond motifs is 1. The third kappa shape index (κ3) is 4.51. The van der Waals surface area contributed by atoms with E-state index in [2.05, 4.69) is 0 Å². The molecule has 1 aliphatic rings. The Labute approximate surface area is 213 Å². The summed E-state index contributed by atoms with van der Waals surface area (Å²) in [4.78, 5) is 24.1. The number of carbonyl (C=O) groups excluding carboxylic acids is 1. The van der Waals surface area contributed by atoms with Gasteiger partial charge in [-0.1, -0.05) is 42.8 Å². The number of nitrogens with zero attached hydrogens (tertiary/aromatic N) is 1. The van der Waals surface area contributed by atoms with Gasteiger partial charge in [-0.3, -0.25) is 4.79 Å². The first-order valence-electron chi connectivity index (χ1n) is 10.9. The van der Waals surface area contributed by atoms with Crippen LogP contribution in [-0.4, -0.2) is 41.9 Å². The van der Waals surface area contributed by atoms with E-state index in [1.54, 1.807) is 0 Å². The zero-order valence-corrected chi connectivity index (χ0v) is 20.2. The van der Waals surface area contributed by atoms with E-state index in [1.165, 1.54) is 49.2 Å². The number of ether oxygens (including phenoxy) is 1. The van der Waals surface area contributed by atoms with Gasteiger partial charge in [-0.05, 0) is 52.6 Å². The number of rotatable bonds is 5. The maximum Gasteiger partial charge on any atom is 0.422 e. The van der Waals surface area contributed by atoms with E-state index in [-0.39, 0.29) is 40.1 Å². The van der Waals surface area contributed by atoms with Crippen molar-refractivity contribution >= 4 is 29.2 Å². The molecule has 11 heteroatoms. The molecule has 4 rings (SSSR count). The van der Waals surface area contributed by atoms with Crippen LogP contribution in [0.5, 0.6) is 5.75 Å². The van der Waals surface area contributed by atoms with Crippen LogP contribution in [0.25, 0.3) is 11.1 Å². The fraction of sp³-hybridized carbons (Fsp3) is 0.231. The Morgan fingerprint density at radius 3 is 2.32 bits per heavy atom. The van der Waals surface area contributed by atoms with Gasteiger partial charge in [-0.15, -0.1) is 0 Å². The van der Waals surface area contributed by atoms with Gasteiger partial charge >= 0.3 is 12.1 Å². The summed E-state index contributed by atoms with van der Waals surface area (Å²) < 4.78 is 62.7. The molecule has 2 N–H and O–H groups in total. The number of amides is 1. The standard InChI is InChI=1S/C26H20ClF4NO5/c1-13(17-6-3-14(9-19(17)27)15-4-7-18(24(34)35)20(28)10-15)25(36,26(29,30)31)16-5-8-21-22(11-16)37-12-23(33)32(21)2/h3-11,13,36H,12H2,1-2H3,(H,34,35). The number of carbonyl (C=O) groups is 2. The van der Waals surface area contributed by atoms with Crippen LogP contribution in [0.1, 0.15) is 34.3 Å². The highest BCUT2D eigenvalue weighted by Crippen LogP contribution is 2.51. The summed E-state index contributed by atoms with van der Waals surface area (Å²) in [6, 6.07) is 10.8. The van der Waals surface area contributed by atoms with E-state index in [4.69, 9.17) is 21.4 Å². The van der Waals surface area contributed by atoms with Gasteiger partial charge in [-0.2, -0.15) is 13.2 Å². The molecule has 2 atom stereocenters. The van der Waals surface area contributed by atoms with Crippen LogP contribution < -0.4 is 9.64 Å². The SMILES string of the molecule is CC(c1ccc(-c2ccc(C(=O)O)c(F)c2)cc1Cl)C(O)(c1ccc2c(c1)OCC(=O)N2C)C(F)(F)F. The molecule has 0 saturated heterocycles. The van der Waals surface area contributed by atoms with Crippen molar-refractivity contribution in [3.8, 4) is 16.9 Å². The Morgan fingerprint density at radius 1 is 1.08 bits per heavy atom. The molecule has 3 aromatic rings. The van der Waals surface area contributed by atoms with Gasteiger partial charge in [0.25, 0.3) is 5.91 Å². The van der Waals surface area contributed by atoms with Crippen molar-refractivity contribution in [1.29, 1.82) is 0 Å². The first kappa shape index (κ1) is 26.4. The lowest BCUT2D eigenvalue weighted by Crippen LogP contribution is -2.46. The predicted molar refractivity (Wildman–Crippen MR) is 128 cm³/mol. The molecule has 1 heterocycles. The Balaban J connectivity index is 1.75. The Kier molecular flexibility index (Phi) is 6.68. The zero-order valence-electron chi connectivity index (χ0n) is 19.4. The molecule has 0 bridgehead atoms. The molecular weight excluding hydrogens is 518 g/mol. The minimum atomic E-state index is -5.13. The fourth-order valence-electron chi connectivity index (χ4n) is 4.32. The zero-order chi connectivity index (χ0) is 27.3. The fourth-order valence-corrected chi connectivity index (χ4v) is 4.67. The van der Waals surface area contributed by atoms with Crippen molar-refractivity contribution in [3.05, 3.63) is 82.1 Å². The number of carboxylic acids is 1. The molecule has 2 unspecified atom stereocenters. The molecule has 1 aliphatic heterocycles. The third-order valence-electron chi connectivity index (χ3n) is 6.55. The summed E-state index contributed by atoms with van der Waals surface area (Å²) in [6.45, 7) is 0.819. The second kappa shape index (κ2) is 9.35. The first-order valence-corrected chi connectivity index (χ1v) is 11.3. The molecule has 0 fully saturated rings. The van der Waals surface area contributed by atoms with Crippen LogP contribution >= 0.6 is 11.6 Å². The number of carboxylic acid groups (broad SMARTS) is 1. The number of alkyl halides is 3. The second-order valence-electron chi connectivity index (χ2n) is 8.65. The normalized spacial score (nSPS) is 16.0. The van der Waals surface area contributed by atoms with Gasteiger partial charge in [0, 0.05) is 18.0 Å². The average Bonchev–Trinajstić information content (AvgIpc) is 2.84. The van der Waals surface area contributed by atoms with Crippen molar-refractivity contribution in [2.75, 3.05) is 18.6 Å². The first-order chi connectivity index (χ1) is 17.3. The Morgan fingerprint density at radius 2 is 1.73 bits per heavy atom. The quantitative estimate of drug-likeness (QED) is 0.405. The molecule has 37 heavy (non-hydrogen) atoms. The number of likely N-dealkylation sites (N-methyl/N-ethyl adjacent to an activating group) is 1. The van der Waals surface area contributed by atoms with Gasteiger partial charge in [0.2, 0.25) is 0 Å². The summed E-state index contributed by atoms with van der Waals surface area (Å²) in [6.07, 6.45) is -5.13. The van der Waals surface area contributed by atoms with E-state index in [0.717, 1.165) is 24.3 Å². The van der Waals surface area contributed by atoms with Crippen LogP contribution in [0.15, 0.2) is 54.6 Å². The van der Waals surface area contributed by atoms with Crippen molar-refractivity contribution in [2.45, 2.75) is 24.6 Å². The number of halogens is 5. The Bertz CT molecular complexity index is 1410. The van der Waals surface area contributed by atoms with Gasteiger partial charge in [0.05, 0.1) is 11.3 Å². The predicted octanol–water partition coefficient (Wildman–Crippen LogP) is 5.75. The lowest BCUT2D eigenvalue weighted by atomic mass is 9.77. The second-order valence-corrected chi connectivity index (χ2v) is 9.05. The van der Waals surface area contributed by atoms with E-state index >= 15 is 0 Å². The minimum Gasteiger partial charge on any atom is -0.482 e. The van der Waals surface area contributed by atoms with Crippen molar-refractivity contribution < 1.29 is 42.1 Å². The monoisotopic (exact) mass is 537 g/mol. The lowest BCUT2D eigenvalue weighted by Gasteiger charge is -2.38. The Hall–Kier alpha value is -3.63. The van der Waals surface area contributed by atoms with Crippen LogP contribution in [0.2, 0.25) is 5.02 Å². The molecule has 0 spiro atoms. The summed E-state index contributed by atoms with van der Waals surface area (Å²) >= 11 is 6.35. The number of benzene rings is 3. The molecule has 1 amide bonds. The van der Waals surface area contributed by atoms with Crippen molar-refractivity contribution in [1.82, 2.24) is 0 Å².